The molecule has 2 heterocycles. The lowest BCUT2D eigenvalue weighted by molar-refractivity contribution is 0.0391. The summed E-state index contributed by atoms with van der Waals surface area (Å²) >= 11 is 3.14. The standard InChI is InChI=1S/C23H27N3O4S3.ClH/c1-3-33(28,29)19-6-4-5-17(15-19)22(27)26(10-9-25-11-13-30-14-12-25)23-24-20-8-7-18(31-2)16-21(20)32-23;/h4-8,15-16H,3,9-14H2,1-2H3;1H. The van der Waals surface area contributed by atoms with Crippen LogP contribution in [0.4, 0.5) is 5.13 Å². The van der Waals surface area contributed by atoms with Crippen molar-refractivity contribution in [1.29, 1.82) is 0 Å². The number of hydrogen-bond donors (Lipinski definition) is 0. The van der Waals surface area contributed by atoms with E-state index in [1.165, 1.54) is 23.5 Å². The topological polar surface area (TPSA) is 79.8 Å². The third-order valence-corrected chi connectivity index (χ3v) is 9.12. The predicted octanol–water partition coefficient (Wildman–Crippen LogP) is 4.21. The van der Waals surface area contributed by atoms with Gasteiger partial charge in [-0.3, -0.25) is 14.6 Å². The highest BCUT2D eigenvalue weighted by molar-refractivity contribution is 7.98. The van der Waals surface area contributed by atoms with Gasteiger partial charge in [0.15, 0.2) is 15.0 Å². The van der Waals surface area contributed by atoms with E-state index < -0.39 is 9.84 Å². The third kappa shape index (κ3) is 6.10. The third-order valence-electron chi connectivity index (χ3n) is 5.62. The lowest BCUT2D eigenvalue weighted by Crippen LogP contribution is -2.43. The highest BCUT2D eigenvalue weighted by atomic mass is 35.5. The maximum absolute atomic E-state index is 13.6. The fraction of sp³-hybridized carbons (Fsp3) is 0.391. The van der Waals surface area contributed by atoms with Crippen molar-refractivity contribution in [2.45, 2.75) is 16.7 Å². The highest BCUT2D eigenvalue weighted by Crippen LogP contribution is 2.32. The number of benzene rings is 2. The molecule has 0 atom stereocenters. The van der Waals surface area contributed by atoms with E-state index in [-0.39, 0.29) is 29.0 Å². The zero-order chi connectivity index (χ0) is 23.4. The van der Waals surface area contributed by atoms with Crippen LogP contribution in [0.5, 0.6) is 0 Å². The second kappa shape index (κ2) is 11.8. The number of rotatable bonds is 8. The Balaban J connectivity index is 0.00000324. The minimum atomic E-state index is -3.41. The van der Waals surface area contributed by atoms with Crippen LogP contribution in [0.1, 0.15) is 17.3 Å². The number of anilines is 1. The smallest absolute Gasteiger partial charge is 0.260 e. The van der Waals surface area contributed by atoms with Crippen molar-refractivity contribution < 1.29 is 17.9 Å². The molecule has 1 aliphatic heterocycles. The van der Waals surface area contributed by atoms with Gasteiger partial charge in [0.05, 0.1) is 34.1 Å². The van der Waals surface area contributed by atoms with Gasteiger partial charge < -0.3 is 4.74 Å². The molecule has 0 saturated carbocycles. The first-order valence-electron chi connectivity index (χ1n) is 10.8. The van der Waals surface area contributed by atoms with Crippen molar-refractivity contribution in [3.05, 3.63) is 48.0 Å². The molecule has 7 nitrogen and oxygen atoms in total. The van der Waals surface area contributed by atoms with E-state index in [2.05, 4.69) is 11.0 Å². The number of nitrogens with zero attached hydrogens (tertiary/aromatic N) is 3. The van der Waals surface area contributed by atoms with Crippen molar-refractivity contribution in [3.8, 4) is 0 Å². The molecule has 0 spiro atoms. The molecular weight excluding hydrogens is 514 g/mol. The van der Waals surface area contributed by atoms with E-state index in [1.54, 1.807) is 35.7 Å². The SMILES string of the molecule is CCS(=O)(=O)c1cccc(C(=O)N(CCN2CCOCC2)c2nc3ccc(SC)cc3s2)c1.Cl. The van der Waals surface area contributed by atoms with Crippen LogP contribution in [-0.4, -0.2) is 75.6 Å². The number of hydrogen-bond acceptors (Lipinski definition) is 8. The van der Waals surface area contributed by atoms with Gasteiger partial charge in [-0.05, 0) is 42.7 Å². The highest BCUT2D eigenvalue weighted by Gasteiger charge is 2.24. The van der Waals surface area contributed by atoms with Crippen LogP contribution in [0.3, 0.4) is 0 Å². The number of amides is 1. The Labute approximate surface area is 214 Å². The summed E-state index contributed by atoms with van der Waals surface area (Å²) in [5.41, 5.74) is 1.19. The summed E-state index contributed by atoms with van der Waals surface area (Å²) in [5.74, 6) is -0.262. The van der Waals surface area contributed by atoms with Crippen molar-refractivity contribution in [2.75, 3.05) is 56.3 Å². The molecule has 0 bridgehead atoms. The normalized spacial score (nSPS) is 14.6. The summed E-state index contributed by atoms with van der Waals surface area (Å²) in [7, 11) is -3.41. The molecule has 34 heavy (non-hydrogen) atoms. The molecule has 1 aliphatic rings. The molecule has 11 heteroatoms. The number of aromatic nitrogens is 1. The molecule has 1 amide bonds. The molecule has 0 N–H and O–H groups in total. The largest absolute Gasteiger partial charge is 0.379 e. The van der Waals surface area contributed by atoms with Gasteiger partial charge in [-0.15, -0.1) is 24.2 Å². The van der Waals surface area contributed by atoms with Gasteiger partial charge in [-0.25, -0.2) is 13.4 Å². The summed E-state index contributed by atoms with van der Waals surface area (Å²) in [6.45, 7) is 5.76. The Kier molecular flexibility index (Phi) is 9.36. The van der Waals surface area contributed by atoms with E-state index in [9.17, 15) is 13.2 Å². The molecule has 1 saturated heterocycles. The lowest BCUT2D eigenvalue weighted by Gasteiger charge is -2.29. The van der Waals surface area contributed by atoms with E-state index in [4.69, 9.17) is 9.72 Å². The van der Waals surface area contributed by atoms with Crippen molar-refractivity contribution >= 4 is 66.6 Å². The molecule has 184 valence electrons. The van der Waals surface area contributed by atoms with Crippen LogP contribution in [0.15, 0.2) is 52.3 Å². The van der Waals surface area contributed by atoms with E-state index in [1.807, 2.05) is 18.4 Å². The number of morpholine rings is 1. The predicted molar refractivity (Wildman–Crippen MR) is 142 cm³/mol. The van der Waals surface area contributed by atoms with Crippen LogP contribution in [0.25, 0.3) is 10.2 Å². The van der Waals surface area contributed by atoms with Gasteiger partial charge in [-0.1, -0.05) is 24.3 Å². The summed E-state index contributed by atoms with van der Waals surface area (Å²) < 4.78 is 31.2. The number of carbonyl (C=O) groups is 1. The number of fused-ring (bicyclic) bond motifs is 1. The average molecular weight is 542 g/mol. The monoisotopic (exact) mass is 541 g/mol. The summed E-state index contributed by atoms with van der Waals surface area (Å²) in [6.07, 6.45) is 2.03. The number of ether oxygens (including phenoxy) is 1. The molecule has 1 fully saturated rings. The van der Waals surface area contributed by atoms with Crippen molar-refractivity contribution in [1.82, 2.24) is 9.88 Å². The molecule has 0 radical (unpaired) electrons. The summed E-state index contributed by atoms with van der Waals surface area (Å²) in [6, 6.07) is 12.4. The van der Waals surface area contributed by atoms with E-state index in [0.29, 0.717) is 37.0 Å². The van der Waals surface area contributed by atoms with Crippen LogP contribution in [0, 0.1) is 0 Å². The molecule has 4 rings (SSSR count). The Bertz CT molecular complexity index is 1240. The quantitative estimate of drug-likeness (QED) is 0.395. The number of thiazole rings is 1. The first-order valence-corrected chi connectivity index (χ1v) is 14.5. The maximum atomic E-state index is 13.6. The minimum absolute atomic E-state index is 0. The molecule has 2 aromatic carbocycles. The molecule has 3 aromatic rings. The number of thioether (sulfide) groups is 1. The van der Waals surface area contributed by atoms with Crippen molar-refractivity contribution in [3.63, 3.8) is 0 Å². The van der Waals surface area contributed by atoms with E-state index >= 15 is 0 Å². The Morgan fingerprint density at radius 3 is 2.68 bits per heavy atom. The first kappa shape index (κ1) is 26.9. The second-order valence-corrected chi connectivity index (χ2v) is 11.8. The fourth-order valence-corrected chi connectivity index (χ4v) is 6.10. The fourth-order valence-electron chi connectivity index (χ4n) is 3.63. The Hall–Kier alpha value is -1.69. The van der Waals surface area contributed by atoms with Crippen LogP contribution in [-0.2, 0) is 14.6 Å². The summed E-state index contributed by atoms with van der Waals surface area (Å²) in [5, 5.41) is 0.616. The van der Waals surface area contributed by atoms with Crippen LogP contribution < -0.4 is 4.90 Å². The molecule has 1 aromatic heterocycles. The van der Waals surface area contributed by atoms with Crippen LogP contribution >= 0.6 is 35.5 Å². The number of sulfone groups is 1. The molecule has 0 aliphatic carbocycles. The molecular formula is C23H28ClN3O4S3. The zero-order valence-electron chi connectivity index (χ0n) is 19.1. The number of carbonyl (C=O) groups excluding carboxylic acids is 1. The summed E-state index contributed by atoms with van der Waals surface area (Å²) in [4.78, 5) is 23.6. The second-order valence-electron chi connectivity index (χ2n) is 7.67. The van der Waals surface area contributed by atoms with E-state index in [0.717, 1.165) is 28.2 Å². The van der Waals surface area contributed by atoms with Gasteiger partial charge >= 0.3 is 0 Å². The zero-order valence-corrected chi connectivity index (χ0v) is 22.4. The van der Waals surface area contributed by atoms with Gasteiger partial charge in [-0.2, -0.15) is 0 Å². The van der Waals surface area contributed by atoms with Gasteiger partial charge in [0.25, 0.3) is 5.91 Å². The van der Waals surface area contributed by atoms with Gasteiger partial charge in [0.2, 0.25) is 0 Å². The first-order chi connectivity index (χ1) is 15.9. The molecule has 0 unspecified atom stereocenters. The minimum Gasteiger partial charge on any atom is -0.379 e. The van der Waals surface area contributed by atoms with Gasteiger partial charge in [0, 0.05) is 36.6 Å². The maximum Gasteiger partial charge on any atom is 0.260 e. The lowest BCUT2D eigenvalue weighted by atomic mass is 10.2. The average Bonchev–Trinajstić information content (AvgIpc) is 3.27. The van der Waals surface area contributed by atoms with Gasteiger partial charge in [0.1, 0.15) is 0 Å². The van der Waals surface area contributed by atoms with Crippen molar-refractivity contribution in [2.24, 2.45) is 0 Å². The Morgan fingerprint density at radius 1 is 1.21 bits per heavy atom. The van der Waals surface area contributed by atoms with Crippen LogP contribution in [0.2, 0.25) is 0 Å². The Morgan fingerprint density at radius 2 is 1.97 bits per heavy atom. The number of halogens is 1.